The SMILES string of the molecule is COc1cc(C=CC(=O)Nc2ccc(I)cc2C)ccc1OCCC(C)C. The lowest BCUT2D eigenvalue weighted by atomic mass is 10.1. The molecule has 0 radical (unpaired) electrons. The molecule has 1 amide bonds. The van der Waals surface area contributed by atoms with Crippen molar-refractivity contribution in [1.29, 1.82) is 0 Å². The molecular weight excluding hydrogens is 453 g/mol. The van der Waals surface area contributed by atoms with Crippen LogP contribution in [0, 0.1) is 16.4 Å². The number of nitrogens with one attached hydrogen (secondary N) is 1. The fourth-order valence-electron chi connectivity index (χ4n) is 2.43. The van der Waals surface area contributed by atoms with E-state index in [2.05, 4.69) is 41.8 Å². The third kappa shape index (κ3) is 6.90. The molecule has 2 aromatic rings. The zero-order chi connectivity index (χ0) is 19.8. The topological polar surface area (TPSA) is 47.6 Å². The number of methoxy groups -OCH3 is 1. The van der Waals surface area contributed by atoms with Crippen LogP contribution in [0.5, 0.6) is 11.5 Å². The molecule has 0 spiro atoms. The zero-order valence-corrected chi connectivity index (χ0v) is 18.4. The summed E-state index contributed by atoms with van der Waals surface area (Å²) in [7, 11) is 1.62. The lowest BCUT2D eigenvalue weighted by Gasteiger charge is -2.12. The van der Waals surface area contributed by atoms with E-state index >= 15 is 0 Å². The quantitative estimate of drug-likeness (QED) is 0.391. The van der Waals surface area contributed by atoms with Crippen LogP contribution in [0.25, 0.3) is 6.08 Å². The van der Waals surface area contributed by atoms with Crippen molar-refractivity contribution in [3.8, 4) is 11.5 Å². The van der Waals surface area contributed by atoms with Crippen molar-refractivity contribution in [3.05, 3.63) is 57.2 Å². The van der Waals surface area contributed by atoms with E-state index in [9.17, 15) is 4.79 Å². The van der Waals surface area contributed by atoms with Crippen molar-refractivity contribution in [3.63, 3.8) is 0 Å². The van der Waals surface area contributed by atoms with Gasteiger partial charge in [-0.1, -0.05) is 19.9 Å². The predicted octanol–water partition coefficient (Wildman–Crippen LogP) is 5.69. The number of hydrogen-bond acceptors (Lipinski definition) is 3. The van der Waals surface area contributed by atoms with Crippen molar-refractivity contribution < 1.29 is 14.3 Å². The molecule has 4 nitrogen and oxygen atoms in total. The smallest absolute Gasteiger partial charge is 0.248 e. The number of halogens is 1. The number of amides is 1. The number of hydrogen-bond donors (Lipinski definition) is 1. The first kappa shape index (κ1) is 21.3. The summed E-state index contributed by atoms with van der Waals surface area (Å²) < 4.78 is 12.3. The second-order valence-corrected chi connectivity index (χ2v) is 7.97. The van der Waals surface area contributed by atoms with Crippen LogP contribution in [0.1, 0.15) is 31.4 Å². The van der Waals surface area contributed by atoms with Gasteiger partial charge in [-0.15, -0.1) is 0 Å². The Hall–Kier alpha value is -2.02. The van der Waals surface area contributed by atoms with E-state index in [1.807, 2.05) is 43.3 Å². The van der Waals surface area contributed by atoms with Crippen LogP contribution in [-0.4, -0.2) is 19.6 Å². The van der Waals surface area contributed by atoms with Gasteiger partial charge in [-0.25, -0.2) is 0 Å². The summed E-state index contributed by atoms with van der Waals surface area (Å²) in [6, 6.07) is 11.6. The normalized spacial score (nSPS) is 11.0. The molecule has 0 aromatic heterocycles. The number of ether oxygens (including phenoxy) is 2. The highest BCUT2D eigenvalue weighted by molar-refractivity contribution is 14.1. The molecule has 2 aromatic carbocycles. The van der Waals surface area contributed by atoms with Gasteiger partial charge < -0.3 is 14.8 Å². The molecule has 1 N–H and O–H groups in total. The molecule has 144 valence electrons. The van der Waals surface area contributed by atoms with Gasteiger partial charge in [0.05, 0.1) is 13.7 Å². The standard InChI is InChI=1S/C22H26INO3/c1-15(2)11-12-27-20-9-5-17(14-21(20)26-4)6-10-22(25)24-19-8-7-18(23)13-16(19)3/h5-10,13-15H,11-12H2,1-4H3,(H,24,25). The van der Waals surface area contributed by atoms with Crippen molar-refractivity contribution in [2.75, 3.05) is 19.0 Å². The molecule has 27 heavy (non-hydrogen) atoms. The molecule has 0 aliphatic heterocycles. The van der Waals surface area contributed by atoms with Crippen LogP contribution in [0.3, 0.4) is 0 Å². The molecule has 5 heteroatoms. The second-order valence-electron chi connectivity index (χ2n) is 6.72. The molecule has 0 aliphatic rings. The highest BCUT2D eigenvalue weighted by atomic mass is 127. The van der Waals surface area contributed by atoms with Gasteiger partial charge in [0.25, 0.3) is 0 Å². The van der Waals surface area contributed by atoms with Crippen molar-refractivity contribution in [1.82, 2.24) is 0 Å². The van der Waals surface area contributed by atoms with Gasteiger partial charge in [-0.3, -0.25) is 4.79 Å². The molecular formula is C22H26INO3. The maximum absolute atomic E-state index is 12.2. The Kier molecular flexibility index (Phi) is 8.16. The summed E-state index contributed by atoms with van der Waals surface area (Å²) in [5.41, 5.74) is 2.72. The summed E-state index contributed by atoms with van der Waals surface area (Å²) in [5.74, 6) is 1.80. The Labute approximate surface area is 175 Å². The minimum Gasteiger partial charge on any atom is -0.493 e. The van der Waals surface area contributed by atoms with E-state index in [1.165, 1.54) is 6.08 Å². The summed E-state index contributed by atoms with van der Waals surface area (Å²) >= 11 is 2.25. The molecule has 0 heterocycles. The first-order valence-electron chi connectivity index (χ1n) is 8.95. The summed E-state index contributed by atoms with van der Waals surface area (Å²) in [4.78, 5) is 12.2. The Morgan fingerprint density at radius 2 is 1.96 bits per heavy atom. The maximum Gasteiger partial charge on any atom is 0.248 e. The highest BCUT2D eigenvalue weighted by Crippen LogP contribution is 2.29. The third-order valence-corrected chi connectivity index (χ3v) is 4.68. The Bertz CT molecular complexity index is 815. The van der Waals surface area contributed by atoms with Crippen molar-refractivity contribution >= 4 is 40.3 Å². The minimum atomic E-state index is -0.171. The van der Waals surface area contributed by atoms with Crippen LogP contribution >= 0.6 is 22.6 Å². The van der Waals surface area contributed by atoms with Gasteiger partial charge >= 0.3 is 0 Å². The molecule has 0 fully saturated rings. The fraction of sp³-hybridized carbons (Fsp3) is 0.318. The second kappa shape index (κ2) is 10.3. The van der Waals surface area contributed by atoms with Crippen LogP contribution in [0.4, 0.5) is 5.69 Å². The molecule has 2 rings (SSSR count). The number of benzene rings is 2. The molecule has 0 aliphatic carbocycles. The largest absolute Gasteiger partial charge is 0.493 e. The first-order valence-corrected chi connectivity index (χ1v) is 10.0. The van der Waals surface area contributed by atoms with Crippen LogP contribution in [0.2, 0.25) is 0 Å². The maximum atomic E-state index is 12.2. The van der Waals surface area contributed by atoms with Gasteiger partial charge in [-0.05, 0) is 89.4 Å². The number of aryl methyl sites for hydroxylation is 1. The molecule has 0 saturated carbocycles. The van der Waals surface area contributed by atoms with E-state index in [4.69, 9.17) is 9.47 Å². The van der Waals surface area contributed by atoms with Crippen LogP contribution < -0.4 is 14.8 Å². The lowest BCUT2D eigenvalue weighted by molar-refractivity contribution is -0.111. The number of carbonyl (C=O) groups excluding carboxylic acids is 1. The molecule has 0 atom stereocenters. The Morgan fingerprint density at radius 3 is 2.63 bits per heavy atom. The molecule has 0 saturated heterocycles. The van der Waals surface area contributed by atoms with Crippen LogP contribution in [-0.2, 0) is 4.79 Å². The first-order chi connectivity index (χ1) is 12.9. The average Bonchev–Trinajstić information content (AvgIpc) is 2.62. The van der Waals surface area contributed by atoms with E-state index in [0.717, 1.165) is 26.8 Å². The van der Waals surface area contributed by atoms with E-state index in [1.54, 1.807) is 13.2 Å². The number of carbonyl (C=O) groups is 1. The Morgan fingerprint density at radius 1 is 1.19 bits per heavy atom. The van der Waals surface area contributed by atoms with Gasteiger partial charge in [-0.2, -0.15) is 0 Å². The highest BCUT2D eigenvalue weighted by Gasteiger charge is 2.06. The third-order valence-electron chi connectivity index (χ3n) is 4.01. The van der Waals surface area contributed by atoms with E-state index in [-0.39, 0.29) is 5.91 Å². The fourth-order valence-corrected chi connectivity index (χ4v) is 3.07. The van der Waals surface area contributed by atoms with E-state index < -0.39 is 0 Å². The number of anilines is 1. The summed E-state index contributed by atoms with van der Waals surface area (Å²) in [6.07, 6.45) is 4.27. The van der Waals surface area contributed by atoms with Gasteiger partial charge in [0.2, 0.25) is 5.91 Å². The van der Waals surface area contributed by atoms with Crippen LogP contribution in [0.15, 0.2) is 42.5 Å². The summed E-state index contributed by atoms with van der Waals surface area (Å²) in [6.45, 7) is 6.96. The van der Waals surface area contributed by atoms with Crippen molar-refractivity contribution in [2.45, 2.75) is 27.2 Å². The molecule has 0 bridgehead atoms. The minimum absolute atomic E-state index is 0.171. The van der Waals surface area contributed by atoms with Crippen molar-refractivity contribution in [2.24, 2.45) is 5.92 Å². The lowest BCUT2D eigenvalue weighted by Crippen LogP contribution is -2.09. The predicted molar refractivity (Wildman–Crippen MR) is 120 cm³/mol. The van der Waals surface area contributed by atoms with E-state index in [0.29, 0.717) is 24.0 Å². The van der Waals surface area contributed by atoms with Gasteiger partial charge in [0.15, 0.2) is 11.5 Å². The number of rotatable bonds is 8. The summed E-state index contributed by atoms with van der Waals surface area (Å²) in [5, 5.41) is 2.90. The van der Waals surface area contributed by atoms with Gasteiger partial charge in [0, 0.05) is 15.3 Å². The monoisotopic (exact) mass is 479 g/mol. The zero-order valence-electron chi connectivity index (χ0n) is 16.2. The Balaban J connectivity index is 2.01. The average molecular weight is 479 g/mol. The molecule has 0 unspecified atom stereocenters. The van der Waals surface area contributed by atoms with Gasteiger partial charge in [0.1, 0.15) is 0 Å².